The van der Waals surface area contributed by atoms with Crippen LogP contribution in [0, 0.1) is 11.8 Å². The van der Waals surface area contributed by atoms with Crippen molar-refractivity contribution in [2.75, 3.05) is 6.61 Å². The molecular weight excluding hydrogens is 202 g/mol. The van der Waals surface area contributed by atoms with Crippen LogP contribution in [0.3, 0.4) is 0 Å². The van der Waals surface area contributed by atoms with Gasteiger partial charge in [-0.25, -0.2) is 5.48 Å². The number of hydrogen-bond donors (Lipinski definition) is 2. The zero-order valence-corrected chi connectivity index (χ0v) is 8.36. The third kappa shape index (κ3) is 2.53. The van der Waals surface area contributed by atoms with Gasteiger partial charge in [0.2, 0.25) is 5.91 Å². The summed E-state index contributed by atoms with van der Waals surface area (Å²) in [6.07, 6.45) is -0.00715. The van der Waals surface area contributed by atoms with Crippen molar-refractivity contribution in [3.05, 3.63) is 0 Å². The normalized spacial score (nSPS) is 25.1. The molecule has 1 rings (SSSR count). The molecule has 0 aliphatic heterocycles. The molecule has 1 fully saturated rings. The number of ether oxygens (including phenoxy) is 1. The minimum absolute atomic E-state index is 0.0108. The van der Waals surface area contributed by atoms with Crippen LogP contribution in [0.4, 0.5) is 0 Å². The van der Waals surface area contributed by atoms with Crippen LogP contribution in [0.2, 0.25) is 0 Å². The standard InChI is InChI=1S/C9H13NO5/c1-2-15-9(13)7-4-5(11)3-6(7)8(12)10-14/h6-7,14H,2-4H2,1H3,(H,10,12)/t6-,7-/m0/s1. The van der Waals surface area contributed by atoms with E-state index in [-0.39, 0.29) is 25.2 Å². The molecule has 2 atom stereocenters. The predicted molar refractivity (Wildman–Crippen MR) is 47.8 cm³/mol. The molecule has 0 saturated heterocycles. The van der Waals surface area contributed by atoms with E-state index in [9.17, 15) is 14.4 Å². The third-order valence-corrected chi connectivity index (χ3v) is 2.42. The van der Waals surface area contributed by atoms with Gasteiger partial charge in [-0.2, -0.15) is 0 Å². The maximum Gasteiger partial charge on any atom is 0.310 e. The van der Waals surface area contributed by atoms with Gasteiger partial charge in [-0.05, 0) is 6.92 Å². The van der Waals surface area contributed by atoms with E-state index in [1.54, 1.807) is 6.92 Å². The lowest BCUT2D eigenvalue weighted by atomic mass is 9.96. The number of rotatable bonds is 3. The number of hydrogen-bond acceptors (Lipinski definition) is 5. The molecule has 6 heteroatoms. The quantitative estimate of drug-likeness (QED) is 0.381. The Morgan fingerprint density at radius 1 is 1.47 bits per heavy atom. The number of ketones is 1. The van der Waals surface area contributed by atoms with Gasteiger partial charge in [0.15, 0.2) is 0 Å². The number of carbonyl (C=O) groups is 3. The van der Waals surface area contributed by atoms with Crippen molar-refractivity contribution in [1.82, 2.24) is 5.48 Å². The molecule has 1 aliphatic carbocycles. The Hall–Kier alpha value is -1.43. The Morgan fingerprint density at radius 3 is 2.60 bits per heavy atom. The highest BCUT2D eigenvalue weighted by Gasteiger charge is 2.42. The first-order chi connectivity index (χ1) is 7.10. The second kappa shape index (κ2) is 4.88. The molecule has 2 N–H and O–H groups in total. The summed E-state index contributed by atoms with van der Waals surface area (Å²) in [4.78, 5) is 33.7. The molecule has 0 radical (unpaired) electrons. The van der Waals surface area contributed by atoms with Crippen LogP contribution >= 0.6 is 0 Å². The van der Waals surface area contributed by atoms with Crippen LogP contribution in [-0.4, -0.2) is 29.5 Å². The van der Waals surface area contributed by atoms with E-state index in [0.29, 0.717) is 0 Å². The van der Waals surface area contributed by atoms with Crippen molar-refractivity contribution in [3.63, 3.8) is 0 Å². The molecule has 1 amide bonds. The summed E-state index contributed by atoms with van der Waals surface area (Å²) in [5, 5.41) is 8.45. The van der Waals surface area contributed by atoms with Gasteiger partial charge in [-0.1, -0.05) is 0 Å². The molecule has 0 bridgehead atoms. The molecule has 0 aromatic rings. The molecule has 15 heavy (non-hydrogen) atoms. The molecule has 0 aromatic heterocycles. The predicted octanol–water partition coefficient (Wildman–Crippen LogP) is -0.350. The van der Waals surface area contributed by atoms with Crippen LogP contribution in [-0.2, 0) is 19.1 Å². The first-order valence-electron chi connectivity index (χ1n) is 4.72. The Balaban J connectivity index is 2.72. The van der Waals surface area contributed by atoms with E-state index >= 15 is 0 Å². The maximum atomic E-state index is 11.4. The van der Waals surface area contributed by atoms with Crippen molar-refractivity contribution in [2.24, 2.45) is 11.8 Å². The number of nitrogens with one attached hydrogen (secondary N) is 1. The second-order valence-electron chi connectivity index (χ2n) is 3.39. The molecule has 6 nitrogen and oxygen atoms in total. The van der Waals surface area contributed by atoms with E-state index in [1.165, 1.54) is 5.48 Å². The van der Waals surface area contributed by atoms with Gasteiger partial charge in [0, 0.05) is 12.8 Å². The number of amides is 1. The highest BCUT2D eigenvalue weighted by atomic mass is 16.5. The minimum atomic E-state index is -0.804. The van der Waals surface area contributed by atoms with E-state index in [0.717, 1.165) is 0 Å². The number of hydroxylamine groups is 1. The monoisotopic (exact) mass is 215 g/mol. The van der Waals surface area contributed by atoms with Crippen LogP contribution in [0.25, 0.3) is 0 Å². The number of carbonyl (C=O) groups excluding carboxylic acids is 3. The average molecular weight is 215 g/mol. The molecule has 0 heterocycles. The van der Waals surface area contributed by atoms with Gasteiger partial charge in [0.25, 0.3) is 0 Å². The van der Waals surface area contributed by atoms with Crippen LogP contribution < -0.4 is 5.48 Å². The Labute approximate surface area is 86.5 Å². The van der Waals surface area contributed by atoms with E-state index in [2.05, 4.69) is 0 Å². The lowest BCUT2D eigenvalue weighted by Gasteiger charge is -2.14. The molecule has 1 saturated carbocycles. The summed E-state index contributed by atoms with van der Waals surface area (Å²) >= 11 is 0. The summed E-state index contributed by atoms with van der Waals surface area (Å²) in [5.41, 5.74) is 1.46. The Bertz CT molecular complexity index is 288. The Kier molecular flexibility index (Phi) is 3.79. The lowest BCUT2D eigenvalue weighted by Crippen LogP contribution is -2.34. The van der Waals surface area contributed by atoms with Gasteiger partial charge in [-0.15, -0.1) is 0 Å². The summed E-state index contributed by atoms with van der Waals surface area (Å²) < 4.78 is 4.75. The van der Waals surface area contributed by atoms with Crippen molar-refractivity contribution in [3.8, 4) is 0 Å². The van der Waals surface area contributed by atoms with E-state index in [4.69, 9.17) is 9.94 Å². The molecule has 0 spiro atoms. The van der Waals surface area contributed by atoms with E-state index in [1.807, 2.05) is 0 Å². The van der Waals surface area contributed by atoms with Crippen LogP contribution in [0.1, 0.15) is 19.8 Å². The first kappa shape index (κ1) is 11.6. The van der Waals surface area contributed by atoms with Gasteiger partial charge in [-0.3, -0.25) is 19.6 Å². The summed E-state index contributed by atoms with van der Waals surface area (Å²) in [7, 11) is 0. The van der Waals surface area contributed by atoms with Gasteiger partial charge >= 0.3 is 5.97 Å². The average Bonchev–Trinajstić information content (AvgIpc) is 2.59. The SMILES string of the molecule is CCOC(=O)[C@H]1CC(=O)C[C@@H]1C(=O)NO. The number of Topliss-reactive ketones (excluding diaryl/α,β-unsaturated/α-hetero) is 1. The van der Waals surface area contributed by atoms with Gasteiger partial charge < -0.3 is 4.74 Å². The fraction of sp³-hybridized carbons (Fsp3) is 0.667. The van der Waals surface area contributed by atoms with Crippen LogP contribution in [0.15, 0.2) is 0 Å². The topological polar surface area (TPSA) is 92.7 Å². The van der Waals surface area contributed by atoms with Crippen LogP contribution in [0.5, 0.6) is 0 Å². The molecule has 0 aromatic carbocycles. The zero-order chi connectivity index (χ0) is 11.4. The number of esters is 1. The zero-order valence-electron chi connectivity index (χ0n) is 8.36. The highest BCUT2D eigenvalue weighted by Crippen LogP contribution is 2.30. The van der Waals surface area contributed by atoms with Gasteiger partial charge in [0.05, 0.1) is 18.4 Å². The fourth-order valence-electron chi connectivity index (χ4n) is 1.71. The van der Waals surface area contributed by atoms with E-state index < -0.39 is 23.7 Å². The summed E-state index contributed by atoms with van der Waals surface area (Å²) in [6.45, 7) is 1.85. The lowest BCUT2D eigenvalue weighted by molar-refractivity contribution is -0.153. The summed E-state index contributed by atoms with van der Waals surface area (Å²) in [5.74, 6) is -3.00. The summed E-state index contributed by atoms with van der Waals surface area (Å²) in [6, 6.07) is 0. The first-order valence-corrected chi connectivity index (χ1v) is 4.72. The third-order valence-electron chi connectivity index (χ3n) is 2.42. The van der Waals surface area contributed by atoms with Crippen molar-refractivity contribution < 1.29 is 24.3 Å². The fourth-order valence-corrected chi connectivity index (χ4v) is 1.71. The smallest absolute Gasteiger partial charge is 0.310 e. The molecule has 0 unspecified atom stereocenters. The van der Waals surface area contributed by atoms with Crippen molar-refractivity contribution in [2.45, 2.75) is 19.8 Å². The second-order valence-corrected chi connectivity index (χ2v) is 3.39. The highest BCUT2D eigenvalue weighted by molar-refractivity contribution is 5.96. The molecular formula is C9H13NO5. The van der Waals surface area contributed by atoms with Crippen molar-refractivity contribution in [1.29, 1.82) is 0 Å². The minimum Gasteiger partial charge on any atom is -0.466 e. The van der Waals surface area contributed by atoms with Gasteiger partial charge in [0.1, 0.15) is 5.78 Å². The molecule has 84 valence electrons. The largest absolute Gasteiger partial charge is 0.466 e. The van der Waals surface area contributed by atoms with Crippen molar-refractivity contribution >= 4 is 17.7 Å². The Morgan fingerprint density at radius 2 is 2.07 bits per heavy atom. The molecule has 1 aliphatic rings. The maximum absolute atomic E-state index is 11.4.